The van der Waals surface area contributed by atoms with Crippen molar-refractivity contribution in [2.75, 3.05) is 44.7 Å². The van der Waals surface area contributed by atoms with E-state index in [0.29, 0.717) is 23.8 Å². The maximum atomic E-state index is 12.3. The summed E-state index contributed by atoms with van der Waals surface area (Å²) >= 11 is 6.02. The van der Waals surface area contributed by atoms with Crippen LogP contribution in [0.1, 0.15) is 10.4 Å². The zero-order chi connectivity index (χ0) is 15.4. The molecule has 21 heavy (non-hydrogen) atoms. The topological polar surface area (TPSA) is 78.7 Å². The number of piperazine rings is 1. The van der Waals surface area contributed by atoms with Gasteiger partial charge in [-0.05, 0) is 12.1 Å². The zero-order valence-corrected chi connectivity index (χ0v) is 12.7. The largest absolute Gasteiger partial charge is 0.365 e. The van der Waals surface area contributed by atoms with Crippen molar-refractivity contribution in [2.45, 2.75) is 0 Å². The van der Waals surface area contributed by atoms with E-state index in [0.717, 1.165) is 13.1 Å². The predicted octanol–water partition coefficient (Wildman–Crippen LogP) is 0.307. The molecular weight excluding hydrogens is 292 g/mol. The van der Waals surface area contributed by atoms with Gasteiger partial charge in [0.1, 0.15) is 0 Å². The molecule has 6 nitrogen and oxygen atoms in total. The average molecular weight is 311 g/mol. The summed E-state index contributed by atoms with van der Waals surface area (Å²) in [5.41, 5.74) is 6.19. The number of hydrogen-bond donors (Lipinski definition) is 2. The van der Waals surface area contributed by atoms with E-state index in [9.17, 15) is 9.59 Å². The molecule has 0 saturated carbocycles. The molecule has 1 aromatic rings. The van der Waals surface area contributed by atoms with Crippen LogP contribution < -0.4 is 16.0 Å². The Balaban J connectivity index is 2.13. The summed E-state index contributed by atoms with van der Waals surface area (Å²) in [6.07, 6.45) is 0. The third kappa shape index (κ3) is 3.65. The average Bonchev–Trinajstić information content (AvgIpc) is 2.47. The zero-order valence-electron chi connectivity index (χ0n) is 11.9. The first-order chi connectivity index (χ1) is 10.0. The number of amides is 2. The highest BCUT2D eigenvalue weighted by Gasteiger charge is 2.21. The van der Waals surface area contributed by atoms with Gasteiger partial charge in [-0.3, -0.25) is 9.59 Å². The number of carbonyl (C=O) groups is 2. The van der Waals surface area contributed by atoms with Gasteiger partial charge >= 0.3 is 0 Å². The molecule has 1 fully saturated rings. The Morgan fingerprint density at radius 3 is 2.67 bits per heavy atom. The van der Waals surface area contributed by atoms with Crippen molar-refractivity contribution in [1.82, 2.24) is 10.2 Å². The summed E-state index contributed by atoms with van der Waals surface area (Å²) in [6, 6.07) is 5.07. The molecule has 0 aromatic heterocycles. The van der Waals surface area contributed by atoms with E-state index in [1.54, 1.807) is 30.1 Å². The van der Waals surface area contributed by atoms with Gasteiger partial charge in [-0.2, -0.15) is 0 Å². The number of likely N-dealkylation sites (N-methyl/N-ethyl adjacent to an activating group) is 1. The van der Waals surface area contributed by atoms with Gasteiger partial charge in [0.25, 0.3) is 5.91 Å². The number of hydrogen-bond acceptors (Lipinski definition) is 4. The number of nitrogens with zero attached hydrogens (tertiary/aromatic N) is 2. The van der Waals surface area contributed by atoms with Crippen LogP contribution in [-0.2, 0) is 4.79 Å². The lowest BCUT2D eigenvalue weighted by atomic mass is 10.1. The minimum absolute atomic E-state index is 0.0226. The molecule has 0 radical (unpaired) electrons. The van der Waals surface area contributed by atoms with Crippen LogP contribution in [0, 0.1) is 0 Å². The van der Waals surface area contributed by atoms with E-state index >= 15 is 0 Å². The maximum Gasteiger partial charge on any atom is 0.252 e. The minimum atomic E-state index is -0.600. The van der Waals surface area contributed by atoms with Gasteiger partial charge in [0, 0.05) is 33.2 Å². The lowest BCUT2D eigenvalue weighted by molar-refractivity contribution is -0.130. The summed E-state index contributed by atoms with van der Waals surface area (Å²) in [6.45, 7) is 3.19. The molecule has 1 aromatic carbocycles. The van der Waals surface area contributed by atoms with E-state index in [-0.39, 0.29) is 18.0 Å². The molecule has 1 saturated heterocycles. The SMILES string of the molecule is CN(CC(=O)N1CCNCC1)c1cccc(Cl)c1C(N)=O. The fraction of sp³-hybridized carbons (Fsp3) is 0.429. The molecule has 1 aliphatic heterocycles. The molecule has 114 valence electrons. The fourth-order valence-corrected chi connectivity index (χ4v) is 2.64. The smallest absolute Gasteiger partial charge is 0.252 e. The number of primary amides is 1. The number of nitrogens with one attached hydrogen (secondary N) is 1. The quantitative estimate of drug-likeness (QED) is 0.839. The number of carbonyl (C=O) groups excluding carboxylic acids is 2. The first-order valence-corrected chi connectivity index (χ1v) is 7.16. The van der Waals surface area contributed by atoms with Crippen LogP contribution >= 0.6 is 11.6 Å². The lowest BCUT2D eigenvalue weighted by Crippen LogP contribution is -2.49. The van der Waals surface area contributed by atoms with Crippen molar-refractivity contribution in [1.29, 1.82) is 0 Å². The number of anilines is 1. The highest BCUT2D eigenvalue weighted by atomic mass is 35.5. The summed E-state index contributed by atoms with van der Waals surface area (Å²) in [5, 5.41) is 3.49. The van der Waals surface area contributed by atoms with Crippen molar-refractivity contribution in [3.63, 3.8) is 0 Å². The molecule has 0 bridgehead atoms. The van der Waals surface area contributed by atoms with Crippen LogP contribution in [0.3, 0.4) is 0 Å². The molecule has 0 aliphatic carbocycles. The number of rotatable bonds is 4. The standard InChI is InChI=1S/C14H19ClN4O2/c1-18(9-12(20)19-7-5-17-6-8-19)11-4-2-3-10(15)13(11)14(16)21/h2-4,17H,5-9H2,1H3,(H2,16,21). The summed E-state index contributed by atoms with van der Waals surface area (Å²) in [7, 11) is 1.75. The van der Waals surface area contributed by atoms with Crippen molar-refractivity contribution in [3.05, 3.63) is 28.8 Å². The van der Waals surface area contributed by atoms with Crippen LogP contribution in [0.15, 0.2) is 18.2 Å². The first-order valence-electron chi connectivity index (χ1n) is 6.78. The summed E-state index contributed by atoms with van der Waals surface area (Å²) in [4.78, 5) is 27.3. The normalized spacial score (nSPS) is 14.9. The van der Waals surface area contributed by atoms with Crippen molar-refractivity contribution in [2.24, 2.45) is 5.73 Å². The Morgan fingerprint density at radius 2 is 2.05 bits per heavy atom. The lowest BCUT2D eigenvalue weighted by Gasteiger charge is -2.30. The van der Waals surface area contributed by atoms with Crippen LogP contribution in [0.25, 0.3) is 0 Å². The second-order valence-corrected chi connectivity index (χ2v) is 5.39. The molecule has 7 heteroatoms. The molecule has 1 aliphatic rings. The van der Waals surface area contributed by atoms with Crippen LogP contribution in [0.2, 0.25) is 5.02 Å². The Hall–Kier alpha value is -1.79. The van der Waals surface area contributed by atoms with Crippen molar-refractivity contribution in [3.8, 4) is 0 Å². The van der Waals surface area contributed by atoms with Gasteiger partial charge in [-0.1, -0.05) is 17.7 Å². The molecule has 0 unspecified atom stereocenters. The fourth-order valence-electron chi connectivity index (χ4n) is 2.38. The Kier molecular flexibility index (Phi) is 5.03. The predicted molar refractivity (Wildman–Crippen MR) is 82.7 cm³/mol. The van der Waals surface area contributed by atoms with E-state index < -0.39 is 5.91 Å². The Labute approximate surface area is 128 Å². The monoisotopic (exact) mass is 310 g/mol. The first kappa shape index (κ1) is 15.6. The summed E-state index contributed by atoms with van der Waals surface area (Å²) in [5.74, 6) is -0.577. The van der Waals surface area contributed by atoms with Gasteiger partial charge in [0.15, 0.2) is 0 Å². The van der Waals surface area contributed by atoms with Crippen LogP contribution in [-0.4, -0.2) is 56.5 Å². The van der Waals surface area contributed by atoms with Gasteiger partial charge in [0.05, 0.1) is 22.8 Å². The van der Waals surface area contributed by atoms with E-state index in [4.69, 9.17) is 17.3 Å². The molecule has 0 atom stereocenters. The highest BCUT2D eigenvalue weighted by molar-refractivity contribution is 6.34. The molecular formula is C14H19ClN4O2. The van der Waals surface area contributed by atoms with E-state index in [1.807, 2.05) is 4.90 Å². The second kappa shape index (κ2) is 6.78. The molecule has 2 amide bonds. The molecule has 3 N–H and O–H groups in total. The minimum Gasteiger partial charge on any atom is -0.365 e. The number of nitrogens with two attached hydrogens (primary N) is 1. The van der Waals surface area contributed by atoms with E-state index in [1.165, 1.54) is 0 Å². The molecule has 2 rings (SSSR count). The Morgan fingerprint density at radius 1 is 1.38 bits per heavy atom. The third-order valence-corrected chi connectivity index (χ3v) is 3.81. The van der Waals surface area contributed by atoms with E-state index in [2.05, 4.69) is 5.32 Å². The van der Waals surface area contributed by atoms with Gasteiger partial charge < -0.3 is 20.9 Å². The van der Waals surface area contributed by atoms with Gasteiger partial charge in [0.2, 0.25) is 5.91 Å². The molecule has 0 spiro atoms. The Bertz CT molecular complexity index is 544. The van der Waals surface area contributed by atoms with Gasteiger partial charge in [-0.15, -0.1) is 0 Å². The second-order valence-electron chi connectivity index (χ2n) is 4.99. The number of halogens is 1. The maximum absolute atomic E-state index is 12.3. The molecule has 1 heterocycles. The number of benzene rings is 1. The van der Waals surface area contributed by atoms with Crippen molar-refractivity contribution < 1.29 is 9.59 Å². The third-order valence-electron chi connectivity index (χ3n) is 3.49. The summed E-state index contributed by atoms with van der Waals surface area (Å²) < 4.78 is 0. The van der Waals surface area contributed by atoms with Crippen LogP contribution in [0.4, 0.5) is 5.69 Å². The van der Waals surface area contributed by atoms with Gasteiger partial charge in [-0.25, -0.2) is 0 Å². The highest BCUT2D eigenvalue weighted by Crippen LogP contribution is 2.26. The van der Waals surface area contributed by atoms with Crippen LogP contribution in [0.5, 0.6) is 0 Å². The van der Waals surface area contributed by atoms with Crippen molar-refractivity contribution >= 4 is 29.1 Å².